The predicted octanol–water partition coefficient (Wildman–Crippen LogP) is 2.30. The van der Waals surface area contributed by atoms with Crippen LogP contribution in [-0.4, -0.2) is 32.0 Å². The Morgan fingerprint density at radius 1 is 1.33 bits per heavy atom. The predicted molar refractivity (Wildman–Crippen MR) is 87.2 cm³/mol. The minimum Gasteiger partial charge on any atom is -0.427 e. The van der Waals surface area contributed by atoms with E-state index in [1.807, 2.05) is 12.1 Å². The zero-order valence-corrected chi connectivity index (χ0v) is 14.0. The van der Waals surface area contributed by atoms with Crippen LogP contribution < -0.4 is 0 Å². The third kappa shape index (κ3) is 3.88. The van der Waals surface area contributed by atoms with E-state index >= 15 is 0 Å². The molecule has 1 aliphatic rings. The normalized spacial score (nSPS) is 14.4. The SMILES string of the molecule is Cn1nnnc1SCc1ccccc1C(=O)OC1=CC(=O)CCC1. The monoisotopic (exact) mass is 344 g/mol. The van der Waals surface area contributed by atoms with Gasteiger partial charge >= 0.3 is 5.97 Å². The fraction of sp³-hybridized carbons (Fsp3) is 0.312. The number of allylic oxidation sites excluding steroid dienone is 2. The Hall–Kier alpha value is -2.48. The van der Waals surface area contributed by atoms with Gasteiger partial charge in [-0.25, -0.2) is 9.48 Å². The Morgan fingerprint density at radius 3 is 2.92 bits per heavy atom. The minimum absolute atomic E-state index is 0.00247. The number of tetrazole rings is 1. The summed E-state index contributed by atoms with van der Waals surface area (Å²) in [4.78, 5) is 23.9. The van der Waals surface area contributed by atoms with Crippen LogP contribution in [0.25, 0.3) is 0 Å². The maximum absolute atomic E-state index is 12.4. The number of thioether (sulfide) groups is 1. The average molecular weight is 344 g/mol. The number of esters is 1. The molecule has 0 unspecified atom stereocenters. The van der Waals surface area contributed by atoms with E-state index in [1.54, 1.807) is 23.9 Å². The maximum atomic E-state index is 12.4. The molecule has 0 fully saturated rings. The molecule has 2 aromatic rings. The number of ether oxygens (including phenoxy) is 1. The lowest BCUT2D eigenvalue weighted by Gasteiger charge is -2.13. The van der Waals surface area contributed by atoms with Crippen molar-refractivity contribution in [2.45, 2.75) is 30.2 Å². The molecule has 8 heteroatoms. The highest BCUT2D eigenvalue weighted by Gasteiger charge is 2.18. The minimum atomic E-state index is -0.441. The molecule has 0 atom stereocenters. The molecule has 0 saturated carbocycles. The van der Waals surface area contributed by atoms with Gasteiger partial charge < -0.3 is 4.74 Å². The van der Waals surface area contributed by atoms with Gasteiger partial charge in [-0.05, 0) is 28.5 Å². The first-order valence-corrected chi connectivity index (χ1v) is 8.50. The molecular formula is C16H16N4O3S. The molecule has 0 bridgehead atoms. The van der Waals surface area contributed by atoms with Crippen molar-refractivity contribution in [1.29, 1.82) is 0 Å². The largest absolute Gasteiger partial charge is 0.427 e. The highest BCUT2D eigenvalue weighted by Crippen LogP contribution is 2.24. The molecule has 1 heterocycles. The van der Waals surface area contributed by atoms with Gasteiger partial charge in [0.25, 0.3) is 0 Å². The van der Waals surface area contributed by atoms with Gasteiger partial charge in [0, 0.05) is 31.7 Å². The van der Waals surface area contributed by atoms with Crippen LogP contribution in [0.1, 0.15) is 35.2 Å². The topological polar surface area (TPSA) is 87.0 Å². The zero-order valence-electron chi connectivity index (χ0n) is 13.1. The van der Waals surface area contributed by atoms with Crippen LogP contribution in [0.2, 0.25) is 0 Å². The molecule has 1 aromatic heterocycles. The van der Waals surface area contributed by atoms with Crippen LogP contribution in [0.4, 0.5) is 0 Å². The fourth-order valence-electron chi connectivity index (χ4n) is 2.35. The lowest BCUT2D eigenvalue weighted by atomic mass is 10.0. The number of aryl methyl sites for hydroxylation is 1. The molecule has 0 spiro atoms. The van der Waals surface area contributed by atoms with Crippen molar-refractivity contribution in [3.05, 3.63) is 47.2 Å². The second-order valence-corrected chi connectivity index (χ2v) is 6.29. The summed E-state index contributed by atoms with van der Waals surface area (Å²) in [7, 11) is 1.76. The first-order chi connectivity index (χ1) is 11.6. The van der Waals surface area contributed by atoms with Gasteiger partial charge in [-0.15, -0.1) is 5.10 Å². The average Bonchev–Trinajstić information content (AvgIpc) is 2.98. The Labute approximate surface area is 143 Å². The summed E-state index contributed by atoms with van der Waals surface area (Å²) in [5.74, 6) is 0.541. The Balaban J connectivity index is 1.72. The number of rotatable bonds is 5. The van der Waals surface area contributed by atoms with Crippen LogP contribution >= 0.6 is 11.8 Å². The lowest BCUT2D eigenvalue weighted by Crippen LogP contribution is -2.12. The highest BCUT2D eigenvalue weighted by atomic mass is 32.2. The molecule has 0 saturated heterocycles. The molecular weight excluding hydrogens is 328 g/mol. The first kappa shape index (κ1) is 16.4. The third-order valence-electron chi connectivity index (χ3n) is 3.57. The summed E-state index contributed by atoms with van der Waals surface area (Å²) in [6, 6.07) is 7.24. The standard InChI is InChI=1S/C16H16N4O3S/c1-20-16(17-18-19-20)24-10-11-5-2-3-8-14(11)15(22)23-13-7-4-6-12(21)9-13/h2-3,5,8-9H,4,6-7,10H2,1H3. The molecule has 7 nitrogen and oxygen atoms in total. The third-order valence-corrected chi connectivity index (χ3v) is 4.63. The second-order valence-electron chi connectivity index (χ2n) is 5.35. The quantitative estimate of drug-likeness (QED) is 0.607. The molecule has 1 aliphatic carbocycles. The van der Waals surface area contributed by atoms with Crippen LogP contribution in [0, 0.1) is 0 Å². The van der Waals surface area contributed by atoms with Crippen molar-refractivity contribution in [3.63, 3.8) is 0 Å². The number of benzene rings is 1. The van der Waals surface area contributed by atoms with Gasteiger partial charge in [-0.2, -0.15) is 0 Å². The summed E-state index contributed by atoms with van der Waals surface area (Å²) >= 11 is 1.44. The number of carbonyl (C=O) groups excluding carboxylic acids is 2. The number of carbonyl (C=O) groups is 2. The molecule has 124 valence electrons. The molecule has 0 radical (unpaired) electrons. The van der Waals surface area contributed by atoms with E-state index in [4.69, 9.17) is 4.74 Å². The van der Waals surface area contributed by atoms with Gasteiger partial charge in [0.2, 0.25) is 5.16 Å². The molecule has 0 N–H and O–H groups in total. The van der Waals surface area contributed by atoms with Gasteiger partial charge in [0.05, 0.1) is 5.56 Å². The molecule has 0 aliphatic heterocycles. The van der Waals surface area contributed by atoms with E-state index < -0.39 is 5.97 Å². The smallest absolute Gasteiger partial charge is 0.343 e. The summed E-state index contributed by atoms with van der Waals surface area (Å²) in [5, 5.41) is 11.9. The van der Waals surface area contributed by atoms with Crippen molar-refractivity contribution >= 4 is 23.5 Å². The lowest BCUT2D eigenvalue weighted by molar-refractivity contribution is -0.115. The van der Waals surface area contributed by atoms with Crippen molar-refractivity contribution in [2.75, 3.05) is 0 Å². The van der Waals surface area contributed by atoms with Crippen LogP contribution in [-0.2, 0) is 22.3 Å². The van der Waals surface area contributed by atoms with Gasteiger partial charge in [0.1, 0.15) is 5.76 Å². The maximum Gasteiger partial charge on any atom is 0.343 e. The molecule has 1 aromatic carbocycles. The van der Waals surface area contributed by atoms with Crippen molar-refractivity contribution in [2.24, 2.45) is 7.05 Å². The highest BCUT2D eigenvalue weighted by molar-refractivity contribution is 7.98. The number of hydrogen-bond donors (Lipinski definition) is 0. The second kappa shape index (κ2) is 7.39. The zero-order chi connectivity index (χ0) is 16.9. The molecule has 0 amide bonds. The number of hydrogen-bond acceptors (Lipinski definition) is 7. The first-order valence-electron chi connectivity index (χ1n) is 7.52. The summed E-state index contributed by atoms with van der Waals surface area (Å²) in [6.45, 7) is 0. The van der Waals surface area contributed by atoms with Crippen LogP contribution in [0.5, 0.6) is 0 Å². The van der Waals surface area contributed by atoms with E-state index in [1.165, 1.54) is 17.8 Å². The Bertz CT molecular complexity index is 800. The summed E-state index contributed by atoms with van der Waals surface area (Å²) in [6.07, 6.45) is 3.26. The Morgan fingerprint density at radius 2 is 2.17 bits per heavy atom. The number of nitrogens with zero attached hydrogens (tertiary/aromatic N) is 4. The van der Waals surface area contributed by atoms with E-state index in [9.17, 15) is 9.59 Å². The summed E-state index contributed by atoms with van der Waals surface area (Å²) < 4.78 is 6.97. The molecule has 3 rings (SSSR count). The van der Waals surface area contributed by atoms with Crippen LogP contribution in [0.3, 0.4) is 0 Å². The molecule has 24 heavy (non-hydrogen) atoms. The van der Waals surface area contributed by atoms with E-state index in [-0.39, 0.29) is 5.78 Å². The van der Waals surface area contributed by atoms with Crippen molar-refractivity contribution in [1.82, 2.24) is 20.2 Å². The van der Waals surface area contributed by atoms with Gasteiger partial charge in [-0.1, -0.05) is 30.0 Å². The fourth-order valence-corrected chi connectivity index (χ4v) is 3.20. The van der Waals surface area contributed by atoms with Gasteiger partial charge in [-0.3, -0.25) is 4.79 Å². The van der Waals surface area contributed by atoms with Crippen molar-refractivity contribution in [3.8, 4) is 0 Å². The van der Waals surface area contributed by atoms with Crippen molar-refractivity contribution < 1.29 is 14.3 Å². The summed E-state index contributed by atoms with van der Waals surface area (Å²) in [5.41, 5.74) is 1.32. The van der Waals surface area contributed by atoms with E-state index in [0.29, 0.717) is 41.5 Å². The van der Waals surface area contributed by atoms with E-state index in [0.717, 1.165) is 5.56 Å². The van der Waals surface area contributed by atoms with E-state index in [2.05, 4.69) is 15.5 Å². The van der Waals surface area contributed by atoms with Gasteiger partial charge in [0.15, 0.2) is 5.78 Å². The van der Waals surface area contributed by atoms with Crippen LogP contribution in [0.15, 0.2) is 41.3 Å². The number of ketones is 1. The number of aromatic nitrogens is 4. The Kier molecular flexibility index (Phi) is 5.05.